The summed E-state index contributed by atoms with van der Waals surface area (Å²) >= 11 is 6.34. The summed E-state index contributed by atoms with van der Waals surface area (Å²) in [5.74, 6) is -1.13. The minimum absolute atomic E-state index is 0.135. The Bertz CT molecular complexity index is 1240. The molecule has 3 N–H and O–H groups in total. The van der Waals surface area contributed by atoms with Gasteiger partial charge < -0.3 is 39.3 Å². The number of aromatic amines is 1. The molecule has 0 saturated carbocycles. The van der Waals surface area contributed by atoms with E-state index in [1.807, 2.05) is 19.0 Å². The highest BCUT2D eigenvalue weighted by Crippen LogP contribution is 2.31. The molecule has 2 saturated heterocycles. The number of hydrogen-bond donors (Lipinski definition) is 3. The van der Waals surface area contributed by atoms with E-state index in [2.05, 4.69) is 20.3 Å². The number of rotatable bonds is 10. The van der Waals surface area contributed by atoms with Gasteiger partial charge >= 0.3 is 0 Å². The number of H-pyrrole nitrogens is 1. The maximum atomic E-state index is 14.6. The molecule has 13 heteroatoms. The molecule has 2 fully saturated rings. The Morgan fingerprint density at radius 3 is 2.68 bits per heavy atom. The summed E-state index contributed by atoms with van der Waals surface area (Å²) in [4.78, 5) is 13.7. The molecule has 2 unspecified atom stereocenters. The number of nitrogens with zero attached hydrogens (tertiary/aromatic N) is 3. The van der Waals surface area contributed by atoms with E-state index in [0.717, 1.165) is 25.1 Å². The maximum absolute atomic E-state index is 14.6. The number of aromatic nitrogens is 3. The number of benzene rings is 1. The molecule has 4 heterocycles. The van der Waals surface area contributed by atoms with Crippen LogP contribution in [0.3, 0.4) is 0 Å². The van der Waals surface area contributed by atoms with E-state index in [4.69, 9.17) is 30.5 Å². The lowest BCUT2D eigenvalue weighted by Crippen LogP contribution is -2.34. The van der Waals surface area contributed by atoms with Gasteiger partial charge in [-0.1, -0.05) is 11.6 Å². The highest BCUT2D eigenvalue weighted by atomic mass is 35.5. The fourth-order valence-corrected chi connectivity index (χ4v) is 4.56. The van der Waals surface area contributed by atoms with Crippen molar-refractivity contribution in [3.8, 4) is 11.8 Å². The molecule has 2 aromatic heterocycles. The fourth-order valence-electron chi connectivity index (χ4n) is 4.34. The average Bonchev–Trinajstić information content (AvgIpc) is 3.53. The van der Waals surface area contributed by atoms with Crippen molar-refractivity contribution in [1.82, 2.24) is 19.9 Å². The average molecular weight is 540 g/mol. The van der Waals surface area contributed by atoms with Crippen molar-refractivity contribution < 1.29 is 32.8 Å². The first-order valence-electron chi connectivity index (χ1n) is 11.9. The van der Waals surface area contributed by atoms with Gasteiger partial charge in [-0.3, -0.25) is 0 Å². The van der Waals surface area contributed by atoms with Gasteiger partial charge in [0.1, 0.15) is 41.5 Å². The first-order valence-corrected chi connectivity index (χ1v) is 12.3. The number of halogens is 3. The van der Waals surface area contributed by atoms with Crippen LogP contribution in [0.25, 0.3) is 11.2 Å². The highest BCUT2D eigenvalue weighted by molar-refractivity contribution is 6.33. The van der Waals surface area contributed by atoms with Crippen LogP contribution >= 0.6 is 11.6 Å². The SMILES string of the molecule is CN(C)CCCOc1cc(F)c(CNc2nc3nc(O[C@@H]4COC5C4OC[C@H]5O)[nH]c3cc2Cl)c(F)c1. The van der Waals surface area contributed by atoms with Crippen LogP contribution in [0, 0.1) is 11.6 Å². The Kier molecular flexibility index (Phi) is 7.63. The quantitative estimate of drug-likeness (QED) is 0.335. The summed E-state index contributed by atoms with van der Waals surface area (Å²) in [6.07, 6.45) is -1.21. The van der Waals surface area contributed by atoms with Gasteiger partial charge in [-0.15, -0.1) is 0 Å². The third kappa shape index (κ3) is 5.73. The van der Waals surface area contributed by atoms with E-state index < -0.39 is 36.1 Å². The van der Waals surface area contributed by atoms with Gasteiger partial charge in [0.15, 0.2) is 11.8 Å². The smallest absolute Gasteiger partial charge is 0.296 e. The summed E-state index contributed by atoms with van der Waals surface area (Å²) in [6.45, 7) is 1.42. The number of imidazole rings is 1. The molecule has 0 bridgehead atoms. The fraction of sp³-hybridized carbons (Fsp3) is 0.500. The lowest BCUT2D eigenvalue weighted by molar-refractivity contribution is 0.00706. The normalized spacial score (nSPS) is 23.1. The van der Waals surface area contributed by atoms with Gasteiger partial charge in [-0.05, 0) is 26.6 Å². The van der Waals surface area contributed by atoms with Crippen LogP contribution in [-0.4, -0.2) is 89.8 Å². The predicted molar refractivity (Wildman–Crippen MR) is 131 cm³/mol. The third-order valence-electron chi connectivity index (χ3n) is 6.22. The molecule has 0 radical (unpaired) electrons. The predicted octanol–water partition coefficient (Wildman–Crippen LogP) is 2.74. The van der Waals surface area contributed by atoms with Gasteiger partial charge in [-0.25, -0.2) is 13.8 Å². The molecule has 4 atom stereocenters. The van der Waals surface area contributed by atoms with Gasteiger partial charge in [0.25, 0.3) is 6.01 Å². The zero-order valence-electron chi connectivity index (χ0n) is 20.3. The topological polar surface area (TPSA) is 114 Å². The number of anilines is 1. The number of hydrogen-bond acceptors (Lipinski definition) is 9. The zero-order chi connectivity index (χ0) is 26.1. The van der Waals surface area contributed by atoms with Crippen LogP contribution in [-0.2, 0) is 16.0 Å². The van der Waals surface area contributed by atoms with Gasteiger partial charge in [0.05, 0.1) is 30.4 Å². The Morgan fingerprint density at radius 1 is 1.16 bits per heavy atom. The Hall–Kier alpha value is -2.77. The lowest BCUT2D eigenvalue weighted by Gasteiger charge is -2.15. The first kappa shape index (κ1) is 25.9. The monoisotopic (exact) mass is 539 g/mol. The van der Waals surface area contributed by atoms with Crippen LogP contribution < -0.4 is 14.8 Å². The molecule has 1 aromatic carbocycles. The van der Waals surface area contributed by atoms with Crippen molar-refractivity contribution in [2.24, 2.45) is 0 Å². The molecule has 200 valence electrons. The Morgan fingerprint density at radius 2 is 1.92 bits per heavy atom. The molecule has 3 aromatic rings. The van der Waals surface area contributed by atoms with Gasteiger partial charge in [-0.2, -0.15) is 4.98 Å². The summed E-state index contributed by atoms with van der Waals surface area (Å²) in [5, 5.41) is 13.0. The molecule has 0 spiro atoms. The van der Waals surface area contributed by atoms with E-state index in [0.29, 0.717) is 17.8 Å². The van der Waals surface area contributed by atoms with Crippen LogP contribution in [0.15, 0.2) is 18.2 Å². The number of nitrogens with one attached hydrogen (secondary N) is 2. The van der Waals surface area contributed by atoms with Crippen LogP contribution in [0.4, 0.5) is 14.6 Å². The van der Waals surface area contributed by atoms with E-state index >= 15 is 0 Å². The van der Waals surface area contributed by atoms with Crippen molar-refractivity contribution in [2.75, 3.05) is 45.8 Å². The van der Waals surface area contributed by atoms with Crippen molar-refractivity contribution >= 4 is 28.6 Å². The van der Waals surface area contributed by atoms with E-state index in [-0.39, 0.29) is 47.9 Å². The standard InChI is InChI=1S/C24H28ClF2N5O5/c1-32(2)4-3-5-34-12-6-15(26)13(16(27)7-12)9-28-22-14(25)8-17-23(30-22)31-24(29-17)37-19-11-36-20-18(33)10-35-21(19)20/h6-8,18-21,33H,3-5,9-11H2,1-2H3,(H2,28,29,30,31)/t18-,19-,20?,21?/m1/s1. The van der Waals surface area contributed by atoms with Crippen molar-refractivity contribution in [2.45, 2.75) is 37.4 Å². The second-order valence-corrected chi connectivity index (χ2v) is 9.68. The minimum atomic E-state index is -0.737. The molecule has 0 aliphatic carbocycles. The number of pyridine rings is 1. The largest absolute Gasteiger partial charge is 0.493 e. The van der Waals surface area contributed by atoms with Gasteiger partial charge in [0, 0.05) is 30.8 Å². The third-order valence-corrected chi connectivity index (χ3v) is 6.50. The second kappa shape index (κ2) is 10.9. The first-order chi connectivity index (χ1) is 17.8. The van der Waals surface area contributed by atoms with Crippen LogP contribution in [0.2, 0.25) is 5.02 Å². The molecule has 0 amide bonds. The zero-order valence-corrected chi connectivity index (χ0v) is 21.1. The summed E-state index contributed by atoms with van der Waals surface area (Å²) in [5.41, 5.74) is 0.646. The maximum Gasteiger partial charge on any atom is 0.296 e. The molecule has 5 rings (SSSR count). The number of ether oxygens (including phenoxy) is 4. The Labute approximate surface area is 216 Å². The molecule has 10 nitrogen and oxygen atoms in total. The van der Waals surface area contributed by atoms with Crippen molar-refractivity contribution in [3.05, 3.63) is 40.4 Å². The summed E-state index contributed by atoms with van der Waals surface area (Å²) in [7, 11) is 3.88. The lowest BCUT2D eigenvalue weighted by atomic mass is 10.1. The molecular formula is C24H28ClF2N5O5. The van der Waals surface area contributed by atoms with E-state index in [1.165, 1.54) is 0 Å². The van der Waals surface area contributed by atoms with Crippen LogP contribution in [0.1, 0.15) is 12.0 Å². The molecule has 37 heavy (non-hydrogen) atoms. The second-order valence-electron chi connectivity index (χ2n) is 9.28. The van der Waals surface area contributed by atoms with Crippen molar-refractivity contribution in [3.63, 3.8) is 0 Å². The van der Waals surface area contributed by atoms with Crippen LogP contribution in [0.5, 0.6) is 11.8 Å². The molecule has 2 aliphatic rings. The van der Waals surface area contributed by atoms with Crippen molar-refractivity contribution in [1.29, 1.82) is 0 Å². The Balaban J connectivity index is 1.23. The summed E-state index contributed by atoms with van der Waals surface area (Å²) in [6, 6.07) is 4.10. The van der Waals surface area contributed by atoms with Gasteiger partial charge in [0.2, 0.25) is 0 Å². The summed E-state index contributed by atoms with van der Waals surface area (Å²) < 4.78 is 51.7. The van der Waals surface area contributed by atoms with E-state index in [9.17, 15) is 13.9 Å². The minimum Gasteiger partial charge on any atom is -0.493 e. The number of fused-ring (bicyclic) bond motifs is 2. The number of aliphatic hydroxyl groups excluding tert-OH is 1. The molecular weight excluding hydrogens is 512 g/mol. The highest BCUT2D eigenvalue weighted by Gasteiger charge is 2.48. The number of aliphatic hydroxyl groups is 1. The molecule has 2 aliphatic heterocycles. The van der Waals surface area contributed by atoms with E-state index in [1.54, 1.807) is 6.07 Å².